The molecule has 1 rings (SSSR count). The Bertz CT molecular complexity index is 341. The standard InChI is InChI=1S/C13H20N2O2/c1-3-15(2)12(13(17)14-9-10-16)11-7-5-4-6-8-11/h4-8,12,16H,3,9-10H2,1-2H3,(H,14,17). The van der Waals surface area contributed by atoms with Gasteiger partial charge >= 0.3 is 0 Å². The molecule has 94 valence electrons. The molecule has 0 spiro atoms. The first-order valence-corrected chi connectivity index (χ1v) is 5.84. The number of aliphatic hydroxyl groups excluding tert-OH is 1. The van der Waals surface area contributed by atoms with Gasteiger partial charge in [0, 0.05) is 6.54 Å². The molecule has 17 heavy (non-hydrogen) atoms. The lowest BCUT2D eigenvalue weighted by Gasteiger charge is -2.26. The Hall–Kier alpha value is -1.39. The molecule has 0 aliphatic carbocycles. The molecular formula is C13H20N2O2. The van der Waals surface area contributed by atoms with E-state index in [1.807, 2.05) is 49.2 Å². The number of carbonyl (C=O) groups excluding carboxylic acids is 1. The molecule has 1 aromatic rings. The van der Waals surface area contributed by atoms with Gasteiger partial charge in [0.1, 0.15) is 6.04 Å². The van der Waals surface area contributed by atoms with Crippen molar-refractivity contribution < 1.29 is 9.90 Å². The molecule has 4 heteroatoms. The Morgan fingerprint density at radius 3 is 2.59 bits per heavy atom. The Morgan fingerprint density at radius 2 is 2.06 bits per heavy atom. The normalized spacial score (nSPS) is 12.5. The van der Waals surface area contributed by atoms with Crippen molar-refractivity contribution in [3.05, 3.63) is 35.9 Å². The van der Waals surface area contributed by atoms with Gasteiger partial charge in [-0.3, -0.25) is 9.69 Å². The van der Waals surface area contributed by atoms with Crippen LogP contribution in [0.5, 0.6) is 0 Å². The van der Waals surface area contributed by atoms with Crippen LogP contribution in [0.25, 0.3) is 0 Å². The van der Waals surface area contributed by atoms with Crippen LogP contribution in [-0.2, 0) is 4.79 Å². The molecule has 0 fully saturated rings. The average Bonchev–Trinajstić information content (AvgIpc) is 2.37. The van der Waals surface area contributed by atoms with E-state index in [-0.39, 0.29) is 18.6 Å². The van der Waals surface area contributed by atoms with E-state index in [1.54, 1.807) is 0 Å². The fourth-order valence-corrected chi connectivity index (χ4v) is 1.70. The highest BCUT2D eigenvalue weighted by Gasteiger charge is 2.23. The van der Waals surface area contributed by atoms with Gasteiger partial charge in [0.15, 0.2) is 0 Å². The zero-order valence-corrected chi connectivity index (χ0v) is 10.4. The monoisotopic (exact) mass is 236 g/mol. The fraction of sp³-hybridized carbons (Fsp3) is 0.462. The predicted octanol–water partition coefficient (Wildman–Crippen LogP) is 0.788. The van der Waals surface area contributed by atoms with Crippen molar-refractivity contribution in [3.63, 3.8) is 0 Å². The van der Waals surface area contributed by atoms with E-state index < -0.39 is 0 Å². The van der Waals surface area contributed by atoms with Gasteiger partial charge in [0.25, 0.3) is 0 Å². The van der Waals surface area contributed by atoms with E-state index in [0.717, 1.165) is 12.1 Å². The molecule has 4 nitrogen and oxygen atoms in total. The molecule has 0 bridgehead atoms. The minimum atomic E-state index is -0.298. The van der Waals surface area contributed by atoms with Crippen LogP contribution in [0.3, 0.4) is 0 Å². The molecule has 2 N–H and O–H groups in total. The molecule has 0 saturated carbocycles. The van der Waals surface area contributed by atoms with Gasteiger partial charge in [-0.05, 0) is 19.2 Å². The van der Waals surface area contributed by atoms with Gasteiger partial charge in [-0.2, -0.15) is 0 Å². The average molecular weight is 236 g/mol. The number of benzene rings is 1. The molecule has 1 amide bonds. The zero-order chi connectivity index (χ0) is 12.7. The van der Waals surface area contributed by atoms with E-state index >= 15 is 0 Å². The lowest BCUT2D eigenvalue weighted by molar-refractivity contribution is -0.126. The highest BCUT2D eigenvalue weighted by molar-refractivity contribution is 5.83. The number of nitrogens with zero attached hydrogens (tertiary/aromatic N) is 1. The summed E-state index contributed by atoms with van der Waals surface area (Å²) in [5.41, 5.74) is 0.965. The lowest BCUT2D eigenvalue weighted by atomic mass is 10.0. The van der Waals surface area contributed by atoms with Crippen LogP contribution >= 0.6 is 0 Å². The molecule has 0 aliphatic heterocycles. The highest BCUT2D eigenvalue weighted by Crippen LogP contribution is 2.18. The third kappa shape index (κ3) is 3.84. The van der Waals surface area contributed by atoms with Gasteiger partial charge in [-0.25, -0.2) is 0 Å². The van der Waals surface area contributed by atoms with Crippen molar-refractivity contribution in [3.8, 4) is 0 Å². The van der Waals surface area contributed by atoms with Crippen molar-refractivity contribution >= 4 is 5.91 Å². The first-order chi connectivity index (χ1) is 8.20. The Morgan fingerprint density at radius 1 is 1.41 bits per heavy atom. The van der Waals surface area contributed by atoms with Crippen LogP contribution in [0.1, 0.15) is 18.5 Å². The third-order valence-electron chi connectivity index (χ3n) is 2.71. The summed E-state index contributed by atoms with van der Waals surface area (Å²) < 4.78 is 0. The van der Waals surface area contributed by atoms with Crippen LogP contribution in [0, 0.1) is 0 Å². The molecule has 1 unspecified atom stereocenters. The molecular weight excluding hydrogens is 216 g/mol. The van der Waals surface area contributed by atoms with E-state index in [0.29, 0.717) is 6.54 Å². The number of hydrogen-bond donors (Lipinski definition) is 2. The molecule has 0 saturated heterocycles. The van der Waals surface area contributed by atoms with Crippen LogP contribution in [-0.4, -0.2) is 42.7 Å². The maximum Gasteiger partial charge on any atom is 0.242 e. The highest BCUT2D eigenvalue weighted by atomic mass is 16.3. The van der Waals surface area contributed by atoms with Gasteiger partial charge in [0.05, 0.1) is 6.61 Å². The summed E-state index contributed by atoms with van der Waals surface area (Å²) in [5.74, 6) is -0.0744. The van der Waals surface area contributed by atoms with Crippen LogP contribution in [0.2, 0.25) is 0 Å². The summed E-state index contributed by atoms with van der Waals surface area (Å²) in [6, 6.07) is 9.35. The molecule has 0 aromatic heterocycles. The number of likely N-dealkylation sites (N-methyl/N-ethyl adjacent to an activating group) is 1. The van der Waals surface area contributed by atoms with Crippen LogP contribution < -0.4 is 5.32 Å². The summed E-state index contributed by atoms with van der Waals surface area (Å²) in [7, 11) is 1.91. The number of rotatable bonds is 6. The minimum Gasteiger partial charge on any atom is -0.395 e. The Balaban J connectivity index is 2.85. The van der Waals surface area contributed by atoms with Crippen molar-refractivity contribution in [2.24, 2.45) is 0 Å². The second kappa shape index (κ2) is 7.04. The smallest absolute Gasteiger partial charge is 0.242 e. The zero-order valence-electron chi connectivity index (χ0n) is 10.4. The summed E-state index contributed by atoms with van der Waals surface area (Å²) in [5, 5.41) is 11.5. The number of amides is 1. The van der Waals surface area contributed by atoms with E-state index in [1.165, 1.54) is 0 Å². The van der Waals surface area contributed by atoms with E-state index in [9.17, 15) is 4.79 Å². The summed E-state index contributed by atoms with van der Waals surface area (Å²) in [4.78, 5) is 14.0. The van der Waals surface area contributed by atoms with Gasteiger partial charge in [-0.15, -0.1) is 0 Å². The first kappa shape index (κ1) is 13.7. The summed E-state index contributed by atoms with van der Waals surface area (Å²) in [6.07, 6.45) is 0. The molecule has 0 aliphatic rings. The largest absolute Gasteiger partial charge is 0.395 e. The minimum absolute atomic E-state index is 0.0386. The SMILES string of the molecule is CCN(C)C(C(=O)NCCO)c1ccccc1. The van der Waals surface area contributed by atoms with Crippen LogP contribution in [0.15, 0.2) is 30.3 Å². The van der Waals surface area contributed by atoms with Crippen LogP contribution in [0.4, 0.5) is 0 Å². The summed E-state index contributed by atoms with van der Waals surface area (Å²) >= 11 is 0. The van der Waals surface area contributed by atoms with E-state index in [4.69, 9.17) is 5.11 Å². The lowest BCUT2D eigenvalue weighted by Crippen LogP contribution is -2.39. The fourth-order valence-electron chi connectivity index (χ4n) is 1.70. The first-order valence-electron chi connectivity index (χ1n) is 5.84. The second-order valence-corrected chi connectivity index (χ2v) is 3.90. The number of carbonyl (C=O) groups is 1. The van der Waals surface area contributed by atoms with E-state index in [2.05, 4.69) is 5.32 Å². The maximum absolute atomic E-state index is 12.0. The van der Waals surface area contributed by atoms with Crippen molar-refractivity contribution in [1.29, 1.82) is 0 Å². The second-order valence-electron chi connectivity index (χ2n) is 3.90. The topological polar surface area (TPSA) is 52.6 Å². The molecule has 1 atom stereocenters. The van der Waals surface area contributed by atoms with Crippen molar-refractivity contribution in [2.75, 3.05) is 26.7 Å². The molecule has 1 aromatic carbocycles. The van der Waals surface area contributed by atoms with Crippen molar-refractivity contribution in [1.82, 2.24) is 10.2 Å². The Labute approximate surface area is 102 Å². The number of hydrogen-bond acceptors (Lipinski definition) is 3. The Kier molecular flexibility index (Phi) is 5.66. The summed E-state index contributed by atoms with van der Waals surface area (Å²) in [6.45, 7) is 3.05. The van der Waals surface area contributed by atoms with Gasteiger partial charge in [0.2, 0.25) is 5.91 Å². The number of nitrogens with one attached hydrogen (secondary N) is 1. The molecule has 0 radical (unpaired) electrons. The van der Waals surface area contributed by atoms with Crippen molar-refractivity contribution in [2.45, 2.75) is 13.0 Å². The van der Waals surface area contributed by atoms with Gasteiger partial charge < -0.3 is 10.4 Å². The molecule has 0 heterocycles. The van der Waals surface area contributed by atoms with Gasteiger partial charge in [-0.1, -0.05) is 37.3 Å². The quantitative estimate of drug-likeness (QED) is 0.767. The third-order valence-corrected chi connectivity index (χ3v) is 2.71. The predicted molar refractivity (Wildman–Crippen MR) is 67.6 cm³/mol. The maximum atomic E-state index is 12.0. The number of aliphatic hydroxyl groups is 1.